The molecule has 186 valence electrons. The summed E-state index contributed by atoms with van der Waals surface area (Å²) in [5, 5.41) is 0. The molecule has 0 bridgehead atoms. The quantitative estimate of drug-likeness (QED) is 0.319. The Kier molecular flexibility index (Phi) is 11.5. The maximum absolute atomic E-state index is 12.2. The normalized spacial score (nSPS) is 11.6. The SMILES string of the molecule is CN(C(=O)OC(C)(C)C)c1ccc(C=Cc2cnc(OCCOCCOCCF)c(Br)c2)cc1. The second kappa shape index (κ2) is 14.0. The Hall–Kier alpha value is -2.49. The molecule has 0 aliphatic rings. The number of pyridine rings is 1. The van der Waals surface area contributed by atoms with E-state index < -0.39 is 18.4 Å². The van der Waals surface area contributed by atoms with Gasteiger partial charge in [0.15, 0.2) is 0 Å². The zero-order valence-corrected chi connectivity index (χ0v) is 21.6. The van der Waals surface area contributed by atoms with Gasteiger partial charge < -0.3 is 18.9 Å². The van der Waals surface area contributed by atoms with E-state index in [1.165, 1.54) is 4.90 Å². The Balaban J connectivity index is 1.84. The van der Waals surface area contributed by atoms with Gasteiger partial charge in [0, 0.05) is 18.9 Å². The van der Waals surface area contributed by atoms with Crippen LogP contribution >= 0.6 is 15.9 Å². The van der Waals surface area contributed by atoms with Crippen LogP contribution in [0.4, 0.5) is 14.9 Å². The van der Waals surface area contributed by atoms with E-state index in [2.05, 4.69) is 20.9 Å². The van der Waals surface area contributed by atoms with Crippen molar-refractivity contribution in [2.24, 2.45) is 0 Å². The Morgan fingerprint density at radius 1 is 1.03 bits per heavy atom. The predicted octanol–water partition coefficient (Wildman–Crippen LogP) is 5.77. The van der Waals surface area contributed by atoms with E-state index in [1.807, 2.05) is 63.3 Å². The molecule has 0 fully saturated rings. The van der Waals surface area contributed by atoms with Crippen LogP contribution in [0.5, 0.6) is 5.88 Å². The van der Waals surface area contributed by atoms with Gasteiger partial charge in [-0.2, -0.15) is 0 Å². The molecule has 0 aliphatic heterocycles. The van der Waals surface area contributed by atoms with E-state index >= 15 is 0 Å². The molecule has 1 heterocycles. The van der Waals surface area contributed by atoms with Gasteiger partial charge in [0.1, 0.15) is 18.9 Å². The van der Waals surface area contributed by atoms with Crippen molar-refractivity contribution in [2.45, 2.75) is 26.4 Å². The summed E-state index contributed by atoms with van der Waals surface area (Å²) in [7, 11) is 1.68. The molecule has 0 aliphatic carbocycles. The zero-order chi connectivity index (χ0) is 25.0. The fourth-order valence-electron chi connectivity index (χ4n) is 2.65. The molecule has 1 aromatic carbocycles. The number of aromatic nitrogens is 1. The number of amides is 1. The topological polar surface area (TPSA) is 70.1 Å². The lowest BCUT2D eigenvalue weighted by Gasteiger charge is -2.24. The maximum atomic E-state index is 12.2. The first-order valence-corrected chi connectivity index (χ1v) is 11.7. The summed E-state index contributed by atoms with van der Waals surface area (Å²) in [6.45, 7) is 6.58. The molecule has 1 aromatic heterocycles. The van der Waals surface area contributed by atoms with Crippen molar-refractivity contribution in [3.63, 3.8) is 0 Å². The molecule has 2 aromatic rings. The highest BCUT2D eigenvalue weighted by atomic mass is 79.9. The molecular formula is C25H32BrFN2O5. The number of halogens is 2. The first-order valence-electron chi connectivity index (χ1n) is 10.9. The van der Waals surface area contributed by atoms with Crippen LogP contribution in [0.1, 0.15) is 31.9 Å². The second-order valence-corrected chi connectivity index (χ2v) is 9.14. The average molecular weight is 539 g/mol. The summed E-state index contributed by atoms with van der Waals surface area (Å²) in [5.74, 6) is 0.476. The van der Waals surface area contributed by atoms with Crippen molar-refractivity contribution in [1.29, 1.82) is 0 Å². The Labute approximate surface area is 209 Å². The number of carbonyl (C=O) groups is 1. The summed E-state index contributed by atoms with van der Waals surface area (Å²) >= 11 is 3.48. The Bertz CT molecular complexity index is 932. The summed E-state index contributed by atoms with van der Waals surface area (Å²) in [6, 6.07) is 9.49. The zero-order valence-electron chi connectivity index (χ0n) is 20.1. The minimum absolute atomic E-state index is 0.0915. The van der Waals surface area contributed by atoms with Crippen LogP contribution in [0.25, 0.3) is 12.2 Å². The van der Waals surface area contributed by atoms with Gasteiger partial charge in [0.2, 0.25) is 5.88 Å². The van der Waals surface area contributed by atoms with Crippen molar-refractivity contribution < 1.29 is 28.1 Å². The first-order chi connectivity index (χ1) is 16.2. The molecule has 0 spiro atoms. The summed E-state index contributed by atoms with van der Waals surface area (Å²) in [5.41, 5.74) is 2.08. The van der Waals surface area contributed by atoms with Crippen LogP contribution in [0, 0.1) is 0 Å². The van der Waals surface area contributed by atoms with Gasteiger partial charge in [0.25, 0.3) is 0 Å². The smallest absolute Gasteiger partial charge is 0.414 e. The number of alkyl halides is 1. The van der Waals surface area contributed by atoms with Crippen molar-refractivity contribution in [3.8, 4) is 5.88 Å². The number of rotatable bonds is 12. The minimum atomic E-state index is -0.544. The van der Waals surface area contributed by atoms with Crippen molar-refractivity contribution in [2.75, 3.05) is 51.7 Å². The number of anilines is 1. The monoisotopic (exact) mass is 538 g/mol. The van der Waals surface area contributed by atoms with Crippen LogP contribution < -0.4 is 9.64 Å². The highest BCUT2D eigenvalue weighted by molar-refractivity contribution is 9.10. The predicted molar refractivity (Wildman–Crippen MR) is 135 cm³/mol. The molecule has 1 amide bonds. The fraction of sp³-hybridized carbons (Fsp3) is 0.440. The average Bonchev–Trinajstić information content (AvgIpc) is 2.79. The van der Waals surface area contributed by atoms with Crippen molar-refractivity contribution >= 4 is 39.9 Å². The molecule has 0 saturated carbocycles. The van der Waals surface area contributed by atoms with E-state index in [0.717, 1.165) is 21.3 Å². The van der Waals surface area contributed by atoms with Gasteiger partial charge in [-0.3, -0.25) is 4.90 Å². The van der Waals surface area contributed by atoms with Crippen LogP contribution in [-0.2, 0) is 14.2 Å². The van der Waals surface area contributed by atoms with Gasteiger partial charge in [0.05, 0.1) is 30.9 Å². The van der Waals surface area contributed by atoms with Gasteiger partial charge in [-0.25, -0.2) is 14.2 Å². The van der Waals surface area contributed by atoms with E-state index in [0.29, 0.717) is 32.3 Å². The summed E-state index contributed by atoms with van der Waals surface area (Å²) < 4.78 is 34.0. The van der Waals surface area contributed by atoms with Crippen LogP contribution in [0.2, 0.25) is 0 Å². The van der Waals surface area contributed by atoms with E-state index in [-0.39, 0.29) is 6.61 Å². The first kappa shape index (κ1) is 27.8. The van der Waals surface area contributed by atoms with Gasteiger partial charge in [-0.05, 0) is 66.0 Å². The molecule has 0 atom stereocenters. The molecule has 9 heteroatoms. The highest BCUT2D eigenvalue weighted by Crippen LogP contribution is 2.24. The molecule has 0 saturated heterocycles. The van der Waals surface area contributed by atoms with Crippen LogP contribution in [-0.4, -0.2) is 63.4 Å². The largest absolute Gasteiger partial charge is 0.474 e. The third kappa shape index (κ3) is 10.2. The number of nitrogens with zero attached hydrogens (tertiary/aromatic N) is 2. The van der Waals surface area contributed by atoms with E-state index in [1.54, 1.807) is 13.2 Å². The van der Waals surface area contributed by atoms with Gasteiger partial charge >= 0.3 is 6.09 Å². The number of benzene rings is 1. The molecule has 0 unspecified atom stereocenters. The van der Waals surface area contributed by atoms with E-state index in [4.69, 9.17) is 18.9 Å². The lowest BCUT2D eigenvalue weighted by atomic mass is 10.1. The maximum Gasteiger partial charge on any atom is 0.414 e. The molecule has 34 heavy (non-hydrogen) atoms. The Morgan fingerprint density at radius 3 is 2.26 bits per heavy atom. The molecular weight excluding hydrogens is 507 g/mol. The van der Waals surface area contributed by atoms with E-state index in [9.17, 15) is 9.18 Å². The standard InChI is InChI=1S/C25H32BrFN2O5/c1-25(2,3)34-24(30)29(4)21-9-7-19(8-10-21)5-6-20-17-22(26)23(28-18-20)33-16-15-32-14-13-31-12-11-27/h5-10,17-18H,11-16H2,1-4H3. The molecule has 2 rings (SSSR count). The van der Waals surface area contributed by atoms with Crippen molar-refractivity contribution in [3.05, 3.63) is 52.1 Å². The lowest BCUT2D eigenvalue weighted by Crippen LogP contribution is -2.34. The summed E-state index contributed by atoms with van der Waals surface area (Å²) in [6.07, 6.45) is 5.21. The number of ether oxygens (including phenoxy) is 4. The fourth-order valence-corrected chi connectivity index (χ4v) is 3.13. The second-order valence-electron chi connectivity index (χ2n) is 8.28. The van der Waals surface area contributed by atoms with Crippen LogP contribution in [0.15, 0.2) is 41.0 Å². The van der Waals surface area contributed by atoms with Gasteiger partial charge in [-0.1, -0.05) is 24.3 Å². The Morgan fingerprint density at radius 2 is 1.65 bits per heavy atom. The number of hydrogen-bond acceptors (Lipinski definition) is 6. The lowest BCUT2D eigenvalue weighted by molar-refractivity contribution is 0.0319. The number of hydrogen-bond donors (Lipinski definition) is 0. The van der Waals surface area contributed by atoms with Crippen molar-refractivity contribution in [1.82, 2.24) is 4.98 Å². The highest BCUT2D eigenvalue weighted by Gasteiger charge is 2.20. The third-order valence-corrected chi connectivity index (χ3v) is 4.87. The molecule has 7 nitrogen and oxygen atoms in total. The molecule has 0 radical (unpaired) electrons. The third-order valence-electron chi connectivity index (χ3n) is 4.30. The number of carbonyl (C=O) groups excluding carboxylic acids is 1. The van der Waals surface area contributed by atoms with Crippen LogP contribution in [0.3, 0.4) is 0 Å². The molecule has 0 N–H and O–H groups in total. The summed E-state index contributed by atoms with van der Waals surface area (Å²) in [4.78, 5) is 18.0. The minimum Gasteiger partial charge on any atom is -0.474 e. The van der Waals surface area contributed by atoms with Gasteiger partial charge in [-0.15, -0.1) is 0 Å².